The van der Waals surface area contributed by atoms with E-state index in [-0.39, 0.29) is 0 Å². The van der Waals surface area contributed by atoms with Crippen molar-refractivity contribution >= 4 is 22.6 Å². The smallest absolute Gasteiger partial charge is 0.0702 e. The minimum atomic E-state index is 1.01. The summed E-state index contributed by atoms with van der Waals surface area (Å²) in [6, 6.07) is 23.0. The third kappa shape index (κ3) is 2.84. The van der Waals surface area contributed by atoms with Crippen molar-refractivity contribution in [3.05, 3.63) is 76.5 Å². The van der Waals surface area contributed by atoms with Gasteiger partial charge < -0.3 is 0 Å². The molecule has 1 heterocycles. The Morgan fingerprint density at radius 1 is 0.684 bits per heavy atom. The lowest BCUT2D eigenvalue weighted by Gasteiger charge is -2.07. The maximum atomic E-state index is 4.42. The van der Waals surface area contributed by atoms with Crippen molar-refractivity contribution < 1.29 is 0 Å². The summed E-state index contributed by atoms with van der Waals surface area (Å²) in [5.74, 6) is 0. The topological polar surface area (TPSA) is 12.9 Å². The molecule has 19 heavy (non-hydrogen) atoms. The molecular weight excluding hydrogens is 345 g/mol. The Kier molecular flexibility index (Phi) is 3.60. The van der Waals surface area contributed by atoms with Gasteiger partial charge in [0.05, 0.1) is 5.69 Å². The summed E-state index contributed by atoms with van der Waals surface area (Å²) in [7, 11) is 0. The molecule has 0 atom stereocenters. The van der Waals surface area contributed by atoms with Crippen LogP contribution in [0, 0.1) is 3.57 Å². The Labute approximate surface area is 126 Å². The molecule has 92 valence electrons. The number of pyridine rings is 1. The molecule has 0 aliphatic heterocycles. The van der Waals surface area contributed by atoms with Crippen molar-refractivity contribution in [1.82, 2.24) is 4.98 Å². The predicted molar refractivity (Wildman–Crippen MR) is 87.8 cm³/mol. The molecule has 0 radical (unpaired) electrons. The molecule has 0 bridgehead atoms. The van der Waals surface area contributed by atoms with Gasteiger partial charge >= 0.3 is 0 Å². The largest absolute Gasteiger partial charge is 0.256 e. The van der Waals surface area contributed by atoms with Gasteiger partial charge in [0.25, 0.3) is 0 Å². The Bertz CT molecular complexity index is 620. The van der Waals surface area contributed by atoms with Crippen LogP contribution in [0.1, 0.15) is 0 Å². The molecule has 0 aliphatic rings. The third-order valence-electron chi connectivity index (χ3n) is 2.97. The van der Waals surface area contributed by atoms with Crippen LogP contribution >= 0.6 is 22.6 Å². The third-order valence-corrected chi connectivity index (χ3v) is 3.59. The van der Waals surface area contributed by atoms with Gasteiger partial charge in [-0.3, -0.25) is 4.98 Å². The normalized spacial score (nSPS) is 10.4. The van der Waals surface area contributed by atoms with Crippen molar-refractivity contribution in [2.45, 2.75) is 0 Å². The minimum Gasteiger partial charge on any atom is -0.256 e. The zero-order chi connectivity index (χ0) is 13.1. The van der Waals surface area contributed by atoms with Gasteiger partial charge in [0.15, 0.2) is 0 Å². The van der Waals surface area contributed by atoms with Crippen LogP contribution in [0.3, 0.4) is 0 Å². The summed E-state index contributed by atoms with van der Waals surface area (Å²) >= 11 is 2.36. The number of halogens is 1. The Morgan fingerprint density at radius 2 is 1.42 bits per heavy atom. The van der Waals surface area contributed by atoms with Crippen LogP contribution in [-0.2, 0) is 0 Å². The van der Waals surface area contributed by atoms with Crippen LogP contribution in [0.2, 0.25) is 0 Å². The van der Waals surface area contributed by atoms with Crippen molar-refractivity contribution in [2.75, 3.05) is 0 Å². The first-order valence-electron chi connectivity index (χ1n) is 6.10. The highest BCUT2D eigenvalue weighted by Gasteiger charge is 2.04. The fraction of sp³-hybridized carbons (Fsp3) is 0. The lowest BCUT2D eigenvalue weighted by molar-refractivity contribution is 1.32. The van der Waals surface area contributed by atoms with E-state index in [1.807, 2.05) is 30.5 Å². The Morgan fingerprint density at radius 3 is 2.16 bits per heavy atom. The molecule has 0 amide bonds. The number of nitrogens with zero attached hydrogens (tertiary/aromatic N) is 1. The number of aromatic nitrogens is 1. The maximum absolute atomic E-state index is 4.42. The highest BCUT2D eigenvalue weighted by atomic mass is 127. The van der Waals surface area contributed by atoms with Gasteiger partial charge in [0, 0.05) is 15.3 Å². The summed E-state index contributed by atoms with van der Waals surface area (Å²) in [5, 5.41) is 0. The molecule has 0 spiro atoms. The molecule has 0 unspecified atom stereocenters. The van der Waals surface area contributed by atoms with E-state index in [4.69, 9.17) is 0 Å². The highest BCUT2D eigenvalue weighted by Crippen LogP contribution is 2.27. The molecule has 0 saturated carbocycles. The molecule has 2 aromatic carbocycles. The SMILES string of the molecule is Ic1cc(-c2ccccc2)cc(-c2ccccn2)c1. The van der Waals surface area contributed by atoms with Crippen molar-refractivity contribution in [3.8, 4) is 22.4 Å². The summed E-state index contributed by atoms with van der Waals surface area (Å²) in [6.45, 7) is 0. The van der Waals surface area contributed by atoms with Crippen LogP contribution in [0.15, 0.2) is 72.9 Å². The van der Waals surface area contributed by atoms with Gasteiger partial charge in [-0.05, 0) is 64.0 Å². The molecule has 0 saturated heterocycles. The zero-order valence-corrected chi connectivity index (χ0v) is 12.4. The molecule has 0 N–H and O–H groups in total. The summed E-state index contributed by atoms with van der Waals surface area (Å²) in [5.41, 5.74) is 4.64. The van der Waals surface area contributed by atoms with E-state index in [1.54, 1.807) is 0 Å². The second-order valence-corrected chi connectivity index (χ2v) is 5.56. The molecule has 3 aromatic rings. The van der Waals surface area contributed by atoms with Crippen LogP contribution in [0.25, 0.3) is 22.4 Å². The monoisotopic (exact) mass is 357 g/mol. The average Bonchev–Trinajstić information content (AvgIpc) is 2.48. The van der Waals surface area contributed by atoms with E-state index in [0.717, 1.165) is 11.3 Å². The van der Waals surface area contributed by atoms with Crippen molar-refractivity contribution in [3.63, 3.8) is 0 Å². The van der Waals surface area contributed by atoms with Crippen LogP contribution in [0.5, 0.6) is 0 Å². The van der Waals surface area contributed by atoms with Crippen molar-refractivity contribution in [1.29, 1.82) is 0 Å². The molecule has 0 fully saturated rings. The van der Waals surface area contributed by atoms with E-state index in [2.05, 4.69) is 70.0 Å². The number of rotatable bonds is 2. The van der Waals surface area contributed by atoms with E-state index in [0.29, 0.717) is 0 Å². The number of hydrogen-bond donors (Lipinski definition) is 0. The minimum absolute atomic E-state index is 1.01. The van der Waals surface area contributed by atoms with E-state index >= 15 is 0 Å². The lowest BCUT2D eigenvalue weighted by Crippen LogP contribution is -1.86. The molecule has 1 nitrogen and oxygen atoms in total. The van der Waals surface area contributed by atoms with Gasteiger partial charge in [-0.25, -0.2) is 0 Å². The molecule has 3 rings (SSSR count). The zero-order valence-electron chi connectivity index (χ0n) is 10.3. The summed E-state index contributed by atoms with van der Waals surface area (Å²) < 4.78 is 1.22. The van der Waals surface area contributed by atoms with Gasteiger partial charge in [-0.1, -0.05) is 36.4 Å². The average molecular weight is 357 g/mol. The standard InChI is InChI=1S/C17H12IN/c18-16-11-14(13-6-2-1-3-7-13)10-15(12-16)17-8-4-5-9-19-17/h1-12H. The lowest BCUT2D eigenvalue weighted by atomic mass is 10.0. The van der Waals surface area contributed by atoms with E-state index in [1.165, 1.54) is 14.7 Å². The van der Waals surface area contributed by atoms with Crippen molar-refractivity contribution in [2.24, 2.45) is 0 Å². The fourth-order valence-electron chi connectivity index (χ4n) is 2.07. The van der Waals surface area contributed by atoms with Crippen LogP contribution < -0.4 is 0 Å². The second kappa shape index (κ2) is 5.53. The predicted octanol–water partition coefficient (Wildman–Crippen LogP) is 5.02. The first kappa shape index (κ1) is 12.4. The maximum Gasteiger partial charge on any atom is 0.0702 e. The van der Waals surface area contributed by atoms with Gasteiger partial charge in [0.2, 0.25) is 0 Å². The first-order valence-corrected chi connectivity index (χ1v) is 7.18. The van der Waals surface area contributed by atoms with Gasteiger partial charge in [-0.15, -0.1) is 0 Å². The Balaban J connectivity index is 2.12. The van der Waals surface area contributed by atoms with E-state index < -0.39 is 0 Å². The van der Waals surface area contributed by atoms with Gasteiger partial charge in [-0.2, -0.15) is 0 Å². The Hall–Kier alpha value is -1.68. The fourth-order valence-corrected chi connectivity index (χ4v) is 2.74. The van der Waals surface area contributed by atoms with E-state index in [9.17, 15) is 0 Å². The number of hydrogen-bond acceptors (Lipinski definition) is 1. The van der Waals surface area contributed by atoms with Gasteiger partial charge in [0.1, 0.15) is 0 Å². The molecular formula is C17H12IN. The van der Waals surface area contributed by atoms with Crippen LogP contribution in [0.4, 0.5) is 0 Å². The quantitative estimate of drug-likeness (QED) is 0.587. The highest BCUT2D eigenvalue weighted by molar-refractivity contribution is 14.1. The molecule has 1 aromatic heterocycles. The molecule has 2 heteroatoms. The molecule has 0 aliphatic carbocycles. The first-order chi connectivity index (χ1) is 9.33. The number of benzene rings is 2. The second-order valence-electron chi connectivity index (χ2n) is 4.31. The summed E-state index contributed by atoms with van der Waals surface area (Å²) in [4.78, 5) is 4.42. The van der Waals surface area contributed by atoms with Crippen LogP contribution in [-0.4, -0.2) is 4.98 Å². The summed E-state index contributed by atoms with van der Waals surface area (Å²) in [6.07, 6.45) is 1.83.